The first-order valence-electron chi connectivity index (χ1n) is 5.19. The molecule has 0 aromatic carbocycles. The fourth-order valence-corrected chi connectivity index (χ4v) is 3.04. The molecule has 1 amide bonds. The number of hydrogen-bond donors (Lipinski definition) is 1. The lowest BCUT2D eigenvalue weighted by Crippen LogP contribution is -2.43. The van der Waals surface area contributed by atoms with Crippen LogP contribution < -0.4 is 0 Å². The number of aliphatic hydroxyl groups excluding tert-OH is 1. The van der Waals surface area contributed by atoms with E-state index in [-0.39, 0.29) is 17.4 Å². The van der Waals surface area contributed by atoms with Gasteiger partial charge in [-0.15, -0.1) is 11.8 Å². The van der Waals surface area contributed by atoms with Gasteiger partial charge in [-0.05, 0) is 13.3 Å². The summed E-state index contributed by atoms with van der Waals surface area (Å²) in [6.45, 7) is 4.80. The maximum absolute atomic E-state index is 11.5. The molecule has 1 saturated heterocycles. The first-order valence-corrected chi connectivity index (χ1v) is 6.18. The van der Waals surface area contributed by atoms with Crippen molar-refractivity contribution in [2.45, 2.75) is 38.0 Å². The van der Waals surface area contributed by atoms with E-state index in [2.05, 4.69) is 13.8 Å². The fraction of sp³-hybridized carbons (Fsp3) is 0.900. The van der Waals surface area contributed by atoms with Crippen LogP contribution in [0.5, 0.6) is 0 Å². The first-order chi connectivity index (χ1) is 6.64. The second kappa shape index (κ2) is 5.03. The van der Waals surface area contributed by atoms with Crippen LogP contribution in [-0.2, 0) is 4.79 Å². The molecule has 0 radical (unpaired) electrons. The molecule has 0 aliphatic carbocycles. The number of thioether (sulfide) groups is 1. The summed E-state index contributed by atoms with van der Waals surface area (Å²) in [7, 11) is 0. The van der Waals surface area contributed by atoms with Crippen LogP contribution in [-0.4, -0.2) is 39.7 Å². The highest BCUT2D eigenvalue weighted by atomic mass is 32.2. The molecular formula is C10H19NO2S. The first kappa shape index (κ1) is 11.9. The molecule has 1 fully saturated rings. The predicted molar refractivity (Wildman–Crippen MR) is 59.2 cm³/mol. The molecule has 4 heteroatoms. The van der Waals surface area contributed by atoms with E-state index in [0.717, 1.165) is 19.3 Å². The molecule has 0 bridgehead atoms. The van der Waals surface area contributed by atoms with Crippen LogP contribution in [0, 0.1) is 0 Å². The quantitative estimate of drug-likeness (QED) is 0.758. The summed E-state index contributed by atoms with van der Waals surface area (Å²) in [5.74, 6) is 0.739. The minimum atomic E-state index is -0.0736. The number of hydrogen-bond acceptors (Lipinski definition) is 3. The molecule has 0 aromatic heterocycles. The Morgan fingerprint density at radius 1 is 1.64 bits per heavy atom. The Kier molecular flexibility index (Phi) is 4.26. The third-order valence-corrected chi connectivity index (χ3v) is 4.13. The van der Waals surface area contributed by atoms with Crippen molar-refractivity contribution in [1.29, 1.82) is 0 Å². The molecule has 1 aliphatic heterocycles. The fourth-order valence-electron chi connectivity index (χ4n) is 1.81. The summed E-state index contributed by atoms with van der Waals surface area (Å²) in [4.78, 5) is 13.3. The monoisotopic (exact) mass is 217 g/mol. The number of carbonyl (C=O) groups is 1. The zero-order chi connectivity index (χ0) is 10.6. The van der Waals surface area contributed by atoms with Crippen LogP contribution in [0.3, 0.4) is 0 Å². The van der Waals surface area contributed by atoms with Crippen LogP contribution in [0.15, 0.2) is 0 Å². The highest BCUT2D eigenvalue weighted by Gasteiger charge is 2.40. The maximum atomic E-state index is 11.5. The molecule has 82 valence electrons. The van der Waals surface area contributed by atoms with Crippen LogP contribution in [0.4, 0.5) is 0 Å². The molecule has 1 heterocycles. The van der Waals surface area contributed by atoms with Gasteiger partial charge in [0.25, 0.3) is 0 Å². The normalized spacial score (nSPS) is 27.4. The average molecular weight is 217 g/mol. The highest BCUT2D eigenvalue weighted by molar-refractivity contribution is 8.01. The molecule has 0 aromatic rings. The average Bonchev–Trinajstić information content (AvgIpc) is 2.44. The topological polar surface area (TPSA) is 40.5 Å². The van der Waals surface area contributed by atoms with E-state index >= 15 is 0 Å². The minimum absolute atomic E-state index is 0.0635. The van der Waals surface area contributed by atoms with Crippen molar-refractivity contribution in [2.75, 3.05) is 18.9 Å². The maximum Gasteiger partial charge on any atom is 0.233 e. The molecular weight excluding hydrogens is 198 g/mol. The van der Waals surface area contributed by atoms with Gasteiger partial charge in [-0.2, -0.15) is 0 Å². The second-order valence-electron chi connectivity index (χ2n) is 3.84. The van der Waals surface area contributed by atoms with Gasteiger partial charge in [-0.3, -0.25) is 4.79 Å². The van der Waals surface area contributed by atoms with E-state index in [1.807, 2.05) is 4.90 Å². The number of nitrogens with zero attached hydrogens (tertiary/aromatic N) is 1. The molecule has 14 heavy (non-hydrogen) atoms. The summed E-state index contributed by atoms with van der Waals surface area (Å²) in [5.41, 5.74) is 0. The lowest BCUT2D eigenvalue weighted by atomic mass is 10.1. The zero-order valence-electron chi connectivity index (χ0n) is 8.95. The van der Waals surface area contributed by atoms with Crippen molar-refractivity contribution in [3.05, 3.63) is 0 Å². The number of amides is 1. The van der Waals surface area contributed by atoms with Gasteiger partial charge in [0.05, 0.1) is 17.2 Å². The van der Waals surface area contributed by atoms with Gasteiger partial charge in [-0.1, -0.05) is 19.8 Å². The molecule has 0 spiro atoms. The molecule has 1 atom stereocenters. The van der Waals surface area contributed by atoms with E-state index in [1.54, 1.807) is 11.8 Å². The SMILES string of the molecule is CCCCC1(C)SCC(=O)N1CCO. The van der Waals surface area contributed by atoms with Crippen molar-refractivity contribution in [2.24, 2.45) is 0 Å². The number of unbranched alkanes of at least 4 members (excludes halogenated alkanes) is 1. The third kappa shape index (κ3) is 2.42. The molecule has 1 N–H and O–H groups in total. The van der Waals surface area contributed by atoms with Gasteiger partial charge in [0.1, 0.15) is 0 Å². The third-order valence-electron chi connectivity index (χ3n) is 2.70. The molecule has 0 saturated carbocycles. The van der Waals surface area contributed by atoms with Crippen molar-refractivity contribution in [1.82, 2.24) is 4.90 Å². The Labute approximate surface area is 89.9 Å². The van der Waals surface area contributed by atoms with Gasteiger partial charge in [0.15, 0.2) is 0 Å². The smallest absolute Gasteiger partial charge is 0.233 e. The van der Waals surface area contributed by atoms with Crippen molar-refractivity contribution in [3.8, 4) is 0 Å². The van der Waals surface area contributed by atoms with Crippen molar-refractivity contribution >= 4 is 17.7 Å². The Morgan fingerprint density at radius 2 is 2.36 bits per heavy atom. The largest absolute Gasteiger partial charge is 0.395 e. The van der Waals surface area contributed by atoms with E-state index in [1.165, 1.54) is 0 Å². The second-order valence-corrected chi connectivity index (χ2v) is 5.29. The Morgan fingerprint density at radius 3 is 2.93 bits per heavy atom. The van der Waals surface area contributed by atoms with Gasteiger partial charge in [0, 0.05) is 6.54 Å². The van der Waals surface area contributed by atoms with Crippen LogP contribution in [0.1, 0.15) is 33.1 Å². The Hall–Kier alpha value is -0.220. The number of β-amino-alcohol motifs (C(OH)–C–C–N with tert-alkyl or cyclic N) is 1. The Bertz CT molecular complexity index is 210. The zero-order valence-corrected chi connectivity index (χ0v) is 9.77. The number of rotatable bonds is 5. The summed E-state index contributed by atoms with van der Waals surface area (Å²) >= 11 is 1.71. The summed E-state index contributed by atoms with van der Waals surface area (Å²) in [6, 6.07) is 0. The summed E-state index contributed by atoms with van der Waals surface area (Å²) in [6.07, 6.45) is 3.32. The van der Waals surface area contributed by atoms with E-state index < -0.39 is 0 Å². The Balaban J connectivity index is 2.60. The van der Waals surface area contributed by atoms with Gasteiger partial charge < -0.3 is 10.0 Å². The standard InChI is InChI=1S/C10H19NO2S/c1-3-4-5-10(2)11(6-7-12)9(13)8-14-10/h12H,3-8H2,1-2H3. The lowest BCUT2D eigenvalue weighted by molar-refractivity contribution is -0.130. The van der Waals surface area contributed by atoms with Gasteiger partial charge >= 0.3 is 0 Å². The molecule has 1 unspecified atom stereocenters. The van der Waals surface area contributed by atoms with Gasteiger partial charge in [0.2, 0.25) is 5.91 Å². The van der Waals surface area contributed by atoms with Crippen molar-refractivity contribution < 1.29 is 9.90 Å². The van der Waals surface area contributed by atoms with Crippen LogP contribution >= 0.6 is 11.8 Å². The van der Waals surface area contributed by atoms with E-state index in [4.69, 9.17) is 5.11 Å². The lowest BCUT2D eigenvalue weighted by Gasteiger charge is -2.33. The molecule has 3 nitrogen and oxygen atoms in total. The number of aliphatic hydroxyl groups is 1. The highest BCUT2D eigenvalue weighted by Crippen LogP contribution is 2.39. The van der Waals surface area contributed by atoms with E-state index in [9.17, 15) is 4.79 Å². The minimum Gasteiger partial charge on any atom is -0.395 e. The molecule has 1 rings (SSSR count). The van der Waals surface area contributed by atoms with Crippen molar-refractivity contribution in [3.63, 3.8) is 0 Å². The summed E-state index contributed by atoms with van der Waals surface area (Å²) in [5, 5.41) is 8.90. The van der Waals surface area contributed by atoms with Gasteiger partial charge in [-0.25, -0.2) is 0 Å². The summed E-state index contributed by atoms with van der Waals surface area (Å²) < 4.78 is 0. The number of carbonyl (C=O) groups excluding carboxylic acids is 1. The van der Waals surface area contributed by atoms with Crippen LogP contribution in [0.25, 0.3) is 0 Å². The van der Waals surface area contributed by atoms with E-state index in [0.29, 0.717) is 12.3 Å². The molecule has 1 aliphatic rings. The van der Waals surface area contributed by atoms with Crippen LogP contribution in [0.2, 0.25) is 0 Å². The predicted octanol–water partition coefficient (Wildman–Crippen LogP) is 1.46.